The van der Waals surface area contributed by atoms with Crippen molar-refractivity contribution in [3.05, 3.63) is 54.1 Å². The number of anilines is 2. The Morgan fingerprint density at radius 2 is 1.77 bits per heavy atom. The number of rotatable bonds is 7. The Balaban J connectivity index is 0.00000243. The largest absolute Gasteiger partial charge is 0.492 e. The van der Waals surface area contributed by atoms with E-state index in [2.05, 4.69) is 10.6 Å². The smallest absolute Gasteiger partial charge is 0.255 e. The fraction of sp³-hybridized carbons (Fsp3) is 0.263. The van der Waals surface area contributed by atoms with Gasteiger partial charge in [0, 0.05) is 29.4 Å². The van der Waals surface area contributed by atoms with E-state index in [0.717, 1.165) is 12.8 Å². The van der Waals surface area contributed by atoms with E-state index in [9.17, 15) is 9.59 Å². The van der Waals surface area contributed by atoms with Crippen molar-refractivity contribution in [2.75, 3.05) is 23.8 Å². The average Bonchev–Trinajstić information content (AvgIpc) is 3.46. The molecule has 6 nitrogen and oxygen atoms in total. The first kappa shape index (κ1) is 19.8. The predicted molar refractivity (Wildman–Crippen MR) is 104 cm³/mol. The van der Waals surface area contributed by atoms with E-state index in [1.165, 1.54) is 0 Å². The van der Waals surface area contributed by atoms with Crippen molar-refractivity contribution in [2.24, 2.45) is 11.7 Å². The molecule has 1 saturated carbocycles. The number of hydrogen-bond acceptors (Lipinski definition) is 4. The molecule has 1 aliphatic rings. The highest BCUT2D eigenvalue weighted by molar-refractivity contribution is 6.05. The minimum atomic E-state index is -0.238. The number of amides is 2. The van der Waals surface area contributed by atoms with Gasteiger partial charge in [-0.25, -0.2) is 0 Å². The van der Waals surface area contributed by atoms with Crippen molar-refractivity contribution in [3.63, 3.8) is 0 Å². The molecule has 2 amide bonds. The van der Waals surface area contributed by atoms with Gasteiger partial charge in [0.25, 0.3) is 5.91 Å². The second-order valence-electron chi connectivity index (χ2n) is 5.96. The molecule has 0 bridgehead atoms. The lowest BCUT2D eigenvalue weighted by Crippen LogP contribution is -2.15. The van der Waals surface area contributed by atoms with Gasteiger partial charge < -0.3 is 21.1 Å². The molecule has 138 valence electrons. The zero-order chi connectivity index (χ0) is 17.6. The normalized spacial score (nSPS) is 12.7. The summed E-state index contributed by atoms with van der Waals surface area (Å²) in [4.78, 5) is 24.2. The van der Waals surface area contributed by atoms with Crippen LogP contribution in [0.5, 0.6) is 5.75 Å². The van der Waals surface area contributed by atoms with Crippen LogP contribution in [0.25, 0.3) is 0 Å². The van der Waals surface area contributed by atoms with Crippen LogP contribution in [-0.4, -0.2) is 25.0 Å². The first-order valence-corrected chi connectivity index (χ1v) is 8.31. The van der Waals surface area contributed by atoms with Gasteiger partial charge in [-0.15, -0.1) is 12.4 Å². The Morgan fingerprint density at radius 1 is 1.04 bits per heavy atom. The van der Waals surface area contributed by atoms with Crippen molar-refractivity contribution in [1.82, 2.24) is 0 Å². The Labute approximate surface area is 158 Å². The number of nitrogens with one attached hydrogen (secondary N) is 2. The molecule has 0 spiro atoms. The molecule has 0 aromatic heterocycles. The molecule has 0 heterocycles. The van der Waals surface area contributed by atoms with Crippen LogP contribution in [0, 0.1) is 5.92 Å². The van der Waals surface area contributed by atoms with E-state index >= 15 is 0 Å². The quantitative estimate of drug-likeness (QED) is 0.693. The molecule has 0 atom stereocenters. The highest BCUT2D eigenvalue weighted by Crippen LogP contribution is 2.30. The number of benzene rings is 2. The Kier molecular flexibility index (Phi) is 7.00. The Morgan fingerprint density at radius 3 is 2.42 bits per heavy atom. The van der Waals surface area contributed by atoms with Crippen LogP contribution < -0.4 is 21.1 Å². The van der Waals surface area contributed by atoms with E-state index in [0.29, 0.717) is 35.8 Å². The molecule has 0 saturated heterocycles. The van der Waals surface area contributed by atoms with Crippen LogP contribution in [0.15, 0.2) is 48.5 Å². The maximum absolute atomic E-state index is 12.4. The summed E-state index contributed by atoms with van der Waals surface area (Å²) >= 11 is 0. The number of hydrogen-bond donors (Lipinski definition) is 3. The van der Waals surface area contributed by atoms with E-state index in [1.807, 2.05) is 0 Å². The first-order valence-electron chi connectivity index (χ1n) is 8.31. The van der Waals surface area contributed by atoms with Crippen LogP contribution in [0.1, 0.15) is 23.2 Å². The molecule has 7 heteroatoms. The highest BCUT2D eigenvalue weighted by Gasteiger charge is 2.29. The summed E-state index contributed by atoms with van der Waals surface area (Å²) in [7, 11) is 0. The number of carbonyl (C=O) groups excluding carboxylic acids is 2. The standard InChI is InChI=1S/C19H21N3O3.ClH/c20-10-11-25-17-8-6-15(7-9-17)21-19(24)14-2-1-3-16(12-14)22-18(23)13-4-5-13;/h1-3,6-9,12-13H,4-5,10-11,20H2,(H,21,24)(H,22,23);1H. The fourth-order valence-corrected chi connectivity index (χ4v) is 2.34. The van der Waals surface area contributed by atoms with Gasteiger partial charge in [0.1, 0.15) is 12.4 Å². The van der Waals surface area contributed by atoms with Crippen molar-refractivity contribution in [3.8, 4) is 5.75 Å². The van der Waals surface area contributed by atoms with Gasteiger partial charge in [-0.05, 0) is 55.3 Å². The molecule has 0 radical (unpaired) electrons. The van der Waals surface area contributed by atoms with Gasteiger partial charge in [-0.2, -0.15) is 0 Å². The average molecular weight is 376 g/mol. The molecule has 2 aromatic carbocycles. The number of nitrogens with two attached hydrogens (primary N) is 1. The van der Waals surface area contributed by atoms with Crippen molar-refractivity contribution in [1.29, 1.82) is 0 Å². The van der Waals surface area contributed by atoms with E-state index in [4.69, 9.17) is 10.5 Å². The van der Waals surface area contributed by atoms with Gasteiger partial charge in [-0.1, -0.05) is 6.07 Å². The van der Waals surface area contributed by atoms with E-state index in [1.54, 1.807) is 48.5 Å². The minimum absolute atomic E-state index is 0. The van der Waals surface area contributed by atoms with E-state index in [-0.39, 0.29) is 30.1 Å². The zero-order valence-corrected chi connectivity index (χ0v) is 15.1. The minimum Gasteiger partial charge on any atom is -0.492 e. The maximum atomic E-state index is 12.4. The summed E-state index contributed by atoms with van der Waals surface area (Å²) in [5.74, 6) is 0.606. The molecule has 0 unspecified atom stereocenters. The molecule has 1 fully saturated rings. The summed E-state index contributed by atoms with van der Waals surface area (Å²) in [6.07, 6.45) is 1.88. The van der Waals surface area contributed by atoms with Crippen molar-refractivity contribution < 1.29 is 14.3 Å². The second-order valence-corrected chi connectivity index (χ2v) is 5.96. The van der Waals surface area contributed by atoms with Crippen LogP contribution in [-0.2, 0) is 4.79 Å². The van der Waals surface area contributed by atoms with Crippen LogP contribution in [0.4, 0.5) is 11.4 Å². The molecule has 4 N–H and O–H groups in total. The molecule has 2 aromatic rings. The monoisotopic (exact) mass is 375 g/mol. The lowest BCUT2D eigenvalue weighted by Gasteiger charge is -2.09. The van der Waals surface area contributed by atoms with Crippen LogP contribution in [0.3, 0.4) is 0 Å². The lowest BCUT2D eigenvalue weighted by atomic mass is 10.1. The van der Waals surface area contributed by atoms with Gasteiger partial charge in [0.2, 0.25) is 5.91 Å². The number of halogens is 1. The third-order valence-electron chi connectivity index (χ3n) is 3.84. The SMILES string of the molecule is Cl.NCCOc1ccc(NC(=O)c2cccc(NC(=O)C3CC3)c2)cc1. The van der Waals surface area contributed by atoms with Crippen molar-refractivity contribution >= 4 is 35.6 Å². The van der Waals surface area contributed by atoms with Crippen LogP contribution in [0.2, 0.25) is 0 Å². The van der Waals surface area contributed by atoms with E-state index < -0.39 is 0 Å². The van der Waals surface area contributed by atoms with Gasteiger partial charge in [0.15, 0.2) is 0 Å². The molecule has 26 heavy (non-hydrogen) atoms. The third kappa shape index (κ3) is 5.47. The molecule has 1 aliphatic carbocycles. The number of ether oxygens (including phenoxy) is 1. The lowest BCUT2D eigenvalue weighted by molar-refractivity contribution is -0.117. The topological polar surface area (TPSA) is 93.4 Å². The Bertz CT molecular complexity index is 761. The summed E-state index contributed by atoms with van der Waals surface area (Å²) < 4.78 is 5.40. The molecule has 3 rings (SSSR count). The maximum Gasteiger partial charge on any atom is 0.255 e. The fourth-order valence-electron chi connectivity index (χ4n) is 2.34. The van der Waals surface area contributed by atoms with Gasteiger partial charge in [0.05, 0.1) is 0 Å². The first-order chi connectivity index (χ1) is 12.2. The summed E-state index contributed by atoms with van der Waals surface area (Å²) in [6.45, 7) is 0.900. The summed E-state index contributed by atoms with van der Waals surface area (Å²) in [5.41, 5.74) is 7.17. The summed E-state index contributed by atoms with van der Waals surface area (Å²) in [5, 5.41) is 5.67. The predicted octanol–water partition coefficient (Wildman–Crippen LogP) is 3.05. The molecule has 0 aliphatic heterocycles. The van der Waals surface area contributed by atoms with Gasteiger partial charge in [-0.3, -0.25) is 9.59 Å². The third-order valence-corrected chi connectivity index (χ3v) is 3.84. The van der Waals surface area contributed by atoms with Gasteiger partial charge >= 0.3 is 0 Å². The molecular formula is C19H22ClN3O3. The number of carbonyl (C=O) groups is 2. The van der Waals surface area contributed by atoms with Crippen molar-refractivity contribution in [2.45, 2.75) is 12.8 Å². The Hall–Kier alpha value is -2.57. The molecular weight excluding hydrogens is 354 g/mol. The van der Waals surface area contributed by atoms with Crippen LogP contribution >= 0.6 is 12.4 Å². The second kappa shape index (κ2) is 9.22. The zero-order valence-electron chi connectivity index (χ0n) is 14.2. The highest BCUT2D eigenvalue weighted by atomic mass is 35.5. The summed E-state index contributed by atoms with van der Waals surface area (Å²) in [6, 6.07) is 14.0.